The lowest BCUT2D eigenvalue weighted by Crippen LogP contribution is -2.41. The average molecular weight is 281 g/mol. The van der Waals surface area contributed by atoms with Gasteiger partial charge in [0.1, 0.15) is 0 Å². The van der Waals surface area contributed by atoms with Crippen LogP contribution in [0.4, 0.5) is 0 Å². The molecule has 108 valence electrons. The predicted octanol–water partition coefficient (Wildman–Crippen LogP) is 3.05. The lowest BCUT2D eigenvalue weighted by molar-refractivity contribution is 0.00578. The van der Waals surface area contributed by atoms with E-state index in [1.165, 1.54) is 0 Å². The molecule has 0 radical (unpaired) electrons. The van der Waals surface area contributed by atoms with Crippen molar-refractivity contribution in [2.75, 3.05) is 0 Å². The molecular weight excluding hydrogens is 261 g/mol. The molecule has 1 aliphatic heterocycles. The molecule has 0 atom stereocenters. The van der Waals surface area contributed by atoms with Crippen molar-refractivity contribution in [3.63, 3.8) is 0 Å². The molecule has 0 aliphatic carbocycles. The summed E-state index contributed by atoms with van der Waals surface area (Å²) in [6.07, 6.45) is 1.80. The molecule has 0 amide bonds. The molecule has 1 fully saturated rings. The third-order valence-electron chi connectivity index (χ3n) is 4.41. The van der Waals surface area contributed by atoms with Gasteiger partial charge >= 0.3 is 7.12 Å². The van der Waals surface area contributed by atoms with Gasteiger partial charge in [0, 0.05) is 6.20 Å². The van der Waals surface area contributed by atoms with E-state index in [0.717, 1.165) is 16.7 Å². The fourth-order valence-corrected chi connectivity index (χ4v) is 2.43. The van der Waals surface area contributed by atoms with Crippen molar-refractivity contribution >= 4 is 12.6 Å². The summed E-state index contributed by atoms with van der Waals surface area (Å²) < 4.78 is 12.3. The smallest absolute Gasteiger partial charge is 0.399 e. The summed E-state index contributed by atoms with van der Waals surface area (Å²) in [4.78, 5) is 4.44. The fourth-order valence-electron chi connectivity index (χ4n) is 2.43. The van der Waals surface area contributed by atoms with E-state index in [9.17, 15) is 0 Å². The van der Waals surface area contributed by atoms with Crippen molar-refractivity contribution in [1.82, 2.24) is 4.98 Å². The van der Waals surface area contributed by atoms with E-state index in [0.29, 0.717) is 0 Å². The number of hydrogen-bond acceptors (Lipinski definition) is 3. The maximum Gasteiger partial charge on any atom is 0.495 e. The van der Waals surface area contributed by atoms with Gasteiger partial charge < -0.3 is 9.31 Å². The number of pyridine rings is 1. The van der Waals surface area contributed by atoms with E-state index in [1.54, 1.807) is 6.20 Å². The van der Waals surface area contributed by atoms with Crippen molar-refractivity contribution < 1.29 is 9.31 Å². The Morgan fingerprint density at radius 3 is 2.10 bits per heavy atom. The highest BCUT2D eigenvalue weighted by molar-refractivity contribution is 6.63. The summed E-state index contributed by atoms with van der Waals surface area (Å²) in [6, 6.07) is 14.0. The number of rotatable bonds is 2. The van der Waals surface area contributed by atoms with Crippen molar-refractivity contribution in [3.8, 4) is 11.3 Å². The lowest BCUT2D eigenvalue weighted by atomic mass is 9.75. The first-order valence-corrected chi connectivity index (χ1v) is 7.27. The second-order valence-electron chi connectivity index (χ2n) is 6.39. The van der Waals surface area contributed by atoms with Crippen LogP contribution in [0.15, 0.2) is 48.7 Å². The molecule has 1 aromatic carbocycles. The largest absolute Gasteiger partial charge is 0.495 e. The van der Waals surface area contributed by atoms with Gasteiger partial charge in [0.25, 0.3) is 0 Å². The van der Waals surface area contributed by atoms with Gasteiger partial charge in [-0.15, -0.1) is 0 Å². The van der Waals surface area contributed by atoms with Crippen LogP contribution in [0.25, 0.3) is 11.3 Å². The third kappa shape index (κ3) is 2.50. The van der Waals surface area contributed by atoms with Crippen LogP contribution >= 0.6 is 0 Å². The molecule has 1 aromatic heterocycles. The minimum atomic E-state index is -0.367. The van der Waals surface area contributed by atoms with Gasteiger partial charge in [0.15, 0.2) is 0 Å². The highest BCUT2D eigenvalue weighted by Gasteiger charge is 2.52. The summed E-state index contributed by atoms with van der Waals surface area (Å²) in [6.45, 7) is 8.26. The van der Waals surface area contributed by atoms with Gasteiger partial charge in [-0.1, -0.05) is 30.3 Å². The van der Waals surface area contributed by atoms with E-state index in [2.05, 4.69) is 38.7 Å². The van der Waals surface area contributed by atoms with Crippen LogP contribution in [0.1, 0.15) is 27.7 Å². The Morgan fingerprint density at radius 2 is 1.48 bits per heavy atom. The summed E-state index contributed by atoms with van der Waals surface area (Å²) >= 11 is 0. The van der Waals surface area contributed by atoms with Crippen LogP contribution in [0.2, 0.25) is 0 Å². The number of nitrogens with zero attached hydrogens (tertiary/aromatic N) is 1. The van der Waals surface area contributed by atoms with Crippen LogP contribution in [-0.4, -0.2) is 23.3 Å². The number of aromatic nitrogens is 1. The minimum absolute atomic E-state index is 0.338. The van der Waals surface area contributed by atoms with Crippen LogP contribution in [0, 0.1) is 0 Å². The standard InChI is InChI=1S/C17H20BNO2/c1-16(2)17(3,4)21-18(20-16)14-10-6-5-9-13(14)15-11-7-8-12-19-15/h5-12H,1-4H3. The molecular formula is C17H20BNO2. The number of benzene rings is 1. The molecule has 1 aliphatic rings. The zero-order valence-corrected chi connectivity index (χ0v) is 13.0. The molecule has 0 spiro atoms. The van der Waals surface area contributed by atoms with Gasteiger partial charge in [-0.2, -0.15) is 0 Å². The van der Waals surface area contributed by atoms with E-state index in [4.69, 9.17) is 9.31 Å². The molecule has 0 unspecified atom stereocenters. The monoisotopic (exact) mass is 281 g/mol. The topological polar surface area (TPSA) is 31.4 Å². The van der Waals surface area contributed by atoms with Crippen molar-refractivity contribution in [1.29, 1.82) is 0 Å². The Labute approximate surface area is 126 Å². The van der Waals surface area contributed by atoms with Crippen LogP contribution in [0.3, 0.4) is 0 Å². The highest BCUT2D eigenvalue weighted by Crippen LogP contribution is 2.37. The maximum atomic E-state index is 6.16. The molecule has 0 N–H and O–H groups in total. The van der Waals surface area contributed by atoms with Crippen LogP contribution in [0.5, 0.6) is 0 Å². The Kier molecular flexibility index (Phi) is 3.38. The molecule has 4 heteroatoms. The Hall–Kier alpha value is -1.65. The highest BCUT2D eigenvalue weighted by atomic mass is 16.7. The molecule has 0 bridgehead atoms. The first-order valence-electron chi connectivity index (χ1n) is 7.27. The van der Waals surface area contributed by atoms with Crippen LogP contribution in [-0.2, 0) is 9.31 Å². The van der Waals surface area contributed by atoms with Gasteiger partial charge in [-0.25, -0.2) is 0 Å². The quantitative estimate of drug-likeness (QED) is 0.793. The normalized spacial score (nSPS) is 19.7. The Bertz CT molecular complexity index is 624. The summed E-state index contributed by atoms with van der Waals surface area (Å²) in [5.41, 5.74) is 2.33. The van der Waals surface area contributed by atoms with Crippen molar-refractivity contribution in [2.24, 2.45) is 0 Å². The Morgan fingerprint density at radius 1 is 0.857 bits per heavy atom. The van der Waals surface area contributed by atoms with Gasteiger partial charge in [0.2, 0.25) is 0 Å². The summed E-state index contributed by atoms with van der Waals surface area (Å²) in [7, 11) is -0.367. The molecule has 3 rings (SSSR count). The summed E-state index contributed by atoms with van der Waals surface area (Å²) in [5, 5.41) is 0. The zero-order chi connectivity index (χ0) is 15.1. The molecule has 3 nitrogen and oxygen atoms in total. The first kappa shape index (κ1) is 14.3. The molecule has 2 aromatic rings. The Balaban J connectivity index is 2.02. The maximum absolute atomic E-state index is 6.16. The second-order valence-corrected chi connectivity index (χ2v) is 6.39. The minimum Gasteiger partial charge on any atom is -0.399 e. The van der Waals surface area contributed by atoms with E-state index in [-0.39, 0.29) is 18.3 Å². The van der Waals surface area contributed by atoms with E-state index >= 15 is 0 Å². The van der Waals surface area contributed by atoms with Gasteiger partial charge in [-0.05, 0) is 50.9 Å². The van der Waals surface area contributed by atoms with Gasteiger partial charge in [-0.3, -0.25) is 4.98 Å². The van der Waals surface area contributed by atoms with E-state index in [1.807, 2.05) is 36.4 Å². The first-order chi connectivity index (χ1) is 9.91. The van der Waals surface area contributed by atoms with Crippen molar-refractivity contribution in [3.05, 3.63) is 48.7 Å². The fraction of sp³-hybridized carbons (Fsp3) is 0.353. The molecule has 0 saturated carbocycles. The summed E-state index contributed by atoms with van der Waals surface area (Å²) in [5.74, 6) is 0. The molecule has 2 heterocycles. The predicted molar refractivity (Wildman–Crippen MR) is 85.4 cm³/mol. The van der Waals surface area contributed by atoms with Crippen LogP contribution < -0.4 is 5.46 Å². The molecule has 1 saturated heterocycles. The average Bonchev–Trinajstić information content (AvgIpc) is 2.68. The van der Waals surface area contributed by atoms with Crippen molar-refractivity contribution in [2.45, 2.75) is 38.9 Å². The van der Waals surface area contributed by atoms with E-state index < -0.39 is 0 Å². The molecule has 21 heavy (non-hydrogen) atoms. The lowest BCUT2D eigenvalue weighted by Gasteiger charge is -2.32. The number of hydrogen-bond donors (Lipinski definition) is 0. The van der Waals surface area contributed by atoms with Gasteiger partial charge in [0.05, 0.1) is 16.9 Å². The zero-order valence-electron chi connectivity index (χ0n) is 13.0. The second kappa shape index (κ2) is 4.97. The SMILES string of the molecule is CC1(C)OB(c2ccccc2-c2ccccn2)OC1(C)C. The third-order valence-corrected chi connectivity index (χ3v) is 4.41.